The van der Waals surface area contributed by atoms with Crippen LogP contribution < -0.4 is 5.32 Å². The Hall–Kier alpha value is -0.930. The Morgan fingerprint density at radius 2 is 1.86 bits per heavy atom. The van der Waals surface area contributed by atoms with E-state index in [2.05, 4.69) is 26.1 Å². The number of rotatable bonds is 6. The number of hydrogen-bond donors (Lipinski definition) is 1. The number of nitrogens with one attached hydrogen (secondary N) is 1. The van der Waals surface area contributed by atoms with E-state index >= 15 is 0 Å². The summed E-state index contributed by atoms with van der Waals surface area (Å²) in [4.78, 5) is 0. The Bertz CT molecular complexity index is 443. The molecule has 3 heteroatoms. The summed E-state index contributed by atoms with van der Waals surface area (Å²) < 4.78 is 18.3. The summed E-state index contributed by atoms with van der Waals surface area (Å²) in [5.74, 6) is 0.569. The van der Waals surface area contributed by atoms with Crippen molar-refractivity contribution in [3.8, 4) is 0 Å². The van der Waals surface area contributed by atoms with Crippen molar-refractivity contribution in [2.24, 2.45) is 11.3 Å². The summed E-state index contributed by atoms with van der Waals surface area (Å²) in [6.07, 6.45) is 2.34. The van der Waals surface area contributed by atoms with Crippen molar-refractivity contribution in [3.05, 3.63) is 35.6 Å². The molecule has 1 fully saturated rings. The van der Waals surface area contributed by atoms with Crippen LogP contribution in [0.2, 0.25) is 0 Å². The van der Waals surface area contributed by atoms with Gasteiger partial charge in [0.2, 0.25) is 0 Å². The lowest BCUT2D eigenvalue weighted by Gasteiger charge is -2.53. The highest BCUT2D eigenvalue weighted by Gasteiger charge is 2.48. The van der Waals surface area contributed by atoms with Crippen LogP contribution in [0.1, 0.15) is 39.2 Å². The maximum absolute atomic E-state index is 13.2. The van der Waals surface area contributed by atoms with Crippen molar-refractivity contribution in [2.75, 3.05) is 26.8 Å². The van der Waals surface area contributed by atoms with E-state index in [1.54, 1.807) is 19.2 Å². The quantitative estimate of drug-likeness (QED) is 0.806. The van der Waals surface area contributed by atoms with Gasteiger partial charge in [-0.05, 0) is 41.9 Å². The lowest BCUT2D eigenvalue weighted by molar-refractivity contribution is 0.0437. The largest absolute Gasteiger partial charge is 0.383 e. The average molecular weight is 293 g/mol. The molecule has 0 heterocycles. The minimum Gasteiger partial charge on any atom is -0.383 e. The monoisotopic (exact) mass is 293 g/mol. The molecule has 0 spiro atoms. The van der Waals surface area contributed by atoms with E-state index in [-0.39, 0.29) is 11.2 Å². The second-order valence-electron chi connectivity index (χ2n) is 7.43. The molecule has 2 rings (SSSR count). The van der Waals surface area contributed by atoms with E-state index in [0.29, 0.717) is 5.41 Å². The van der Waals surface area contributed by atoms with Gasteiger partial charge in [0, 0.05) is 25.6 Å². The summed E-state index contributed by atoms with van der Waals surface area (Å²) in [6.45, 7) is 9.45. The molecule has 2 nitrogen and oxygen atoms in total. The van der Waals surface area contributed by atoms with E-state index < -0.39 is 0 Å². The first-order valence-electron chi connectivity index (χ1n) is 7.83. The number of hydrogen-bond acceptors (Lipinski definition) is 2. The fourth-order valence-electron chi connectivity index (χ4n) is 3.28. The van der Waals surface area contributed by atoms with Gasteiger partial charge in [-0.2, -0.15) is 0 Å². The van der Waals surface area contributed by atoms with Gasteiger partial charge in [0.25, 0.3) is 0 Å². The van der Waals surface area contributed by atoms with Gasteiger partial charge in [-0.1, -0.05) is 32.9 Å². The molecule has 1 aliphatic carbocycles. The summed E-state index contributed by atoms with van der Waals surface area (Å²) in [6, 6.07) is 7.06. The van der Waals surface area contributed by atoms with Gasteiger partial charge in [0.05, 0.1) is 6.61 Å². The SMILES string of the molecule is COCCNCC1(c2ccc(F)cc2)CC(C(C)(C)C)C1. The summed E-state index contributed by atoms with van der Waals surface area (Å²) in [5.41, 5.74) is 1.75. The Labute approximate surface area is 128 Å². The molecule has 1 aromatic carbocycles. The minimum atomic E-state index is -0.159. The van der Waals surface area contributed by atoms with E-state index in [1.165, 1.54) is 18.4 Å². The molecule has 0 saturated heterocycles. The first-order valence-corrected chi connectivity index (χ1v) is 7.83. The topological polar surface area (TPSA) is 21.3 Å². The average Bonchev–Trinajstić information content (AvgIpc) is 2.37. The molecule has 0 amide bonds. The van der Waals surface area contributed by atoms with Crippen LogP contribution in [-0.4, -0.2) is 26.8 Å². The molecular formula is C18H28FNO. The molecule has 0 aromatic heterocycles. The van der Waals surface area contributed by atoms with Crippen LogP contribution >= 0.6 is 0 Å². The van der Waals surface area contributed by atoms with Crippen LogP contribution in [0.5, 0.6) is 0 Å². The first-order chi connectivity index (χ1) is 9.87. The minimum absolute atomic E-state index is 0.152. The maximum atomic E-state index is 13.2. The molecule has 0 atom stereocenters. The van der Waals surface area contributed by atoms with Gasteiger partial charge < -0.3 is 10.1 Å². The van der Waals surface area contributed by atoms with Gasteiger partial charge in [0.1, 0.15) is 5.82 Å². The van der Waals surface area contributed by atoms with Crippen molar-refractivity contribution in [3.63, 3.8) is 0 Å². The molecule has 1 aromatic rings. The predicted molar refractivity (Wildman–Crippen MR) is 85.0 cm³/mol. The van der Waals surface area contributed by atoms with Crippen molar-refractivity contribution >= 4 is 0 Å². The molecule has 118 valence electrons. The summed E-state index contributed by atoms with van der Waals surface area (Å²) >= 11 is 0. The first kappa shape index (κ1) is 16.4. The standard InChI is InChI=1S/C18H28FNO/c1-17(2,3)15-11-18(12-15,13-20-9-10-21-4)14-5-7-16(19)8-6-14/h5-8,15,20H,9-13H2,1-4H3. The van der Waals surface area contributed by atoms with E-state index in [0.717, 1.165) is 25.6 Å². The highest BCUT2D eigenvalue weighted by molar-refractivity contribution is 5.30. The van der Waals surface area contributed by atoms with Crippen molar-refractivity contribution < 1.29 is 9.13 Å². The Morgan fingerprint density at radius 1 is 1.24 bits per heavy atom. The summed E-state index contributed by atoms with van der Waals surface area (Å²) in [7, 11) is 1.72. The maximum Gasteiger partial charge on any atom is 0.123 e. The number of benzene rings is 1. The molecule has 21 heavy (non-hydrogen) atoms. The number of methoxy groups -OCH3 is 1. The van der Waals surface area contributed by atoms with Crippen LogP contribution in [0.25, 0.3) is 0 Å². The molecule has 1 N–H and O–H groups in total. The molecule has 0 unspecified atom stereocenters. The zero-order valence-electron chi connectivity index (χ0n) is 13.7. The summed E-state index contributed by atoms with van der Waals surface area (Å²) in [5, 5.41) is 3.50. The fourth-order valence-corrected chi connectivity index (χ4v) is 3.28. The van der Waals surface area contributed by atoms with Crippen LogP contribution in [0.4, 0.5) is 4.39 Å². The third-order valence-corrected chi connectivity index (χ3v) is 4.90. The predicted octanol–water partition coefficient (Wildman–Crippen LogP) is 3.76. The highest BCUT2D eigenvalue weighted by atomic mass is 19.1. The molecule has 1 aliphatic rings. The number of ether oxygens (including phenoxy) is 1. The molecule has 1 saturated carbocycles. The molecule has 0 bridgehead atoms. The van der Waals surface area contributed by atoms with Gasteiger partial charge >= 0.3 is 0 Å². The second kappa shape index (κ2) is 6.45. The Balaban J connectivity index is 2.07. The highest BCUT2D eigenvalue weighted by Crippen LogP contribution is 2.54. The molecule has 0 aliphatic heterocycles. The van der Waals surface area contributed by atoms with Crippen LogP contribution in [-0.2, 0) is 10.2 Å². The van der Waals surface area contributed by atoms with Crippen LogP contribution in [0.3, 0.4) is 0 Å². The van der Waals surface area contributed by atoms with Crippen molar-refractivity contribution in [1.82, 2.24) is 5.32 Å². The zero-order valence-corrected chi connectivity index (χ0v) is 13.7. The van der Waals surface area contributed by atoms with E-state index in [4.69, 9.17) is 4.74 Å². The Kier molecular flexibility index (Phi) is 5.05. The third kappa shape index (κ3) is 3.83. The van der Waals surface area contributed by atoms with E-state index in [1.807, 2.05) is 12.1 Å². The Morgan fingerprint density at radius 3 is 2.38 bits per heavy atom. The molecule has 0 radical (unpaired) electrons. The van der Waals surface area contributed by atoms with E-state index in [9.17, 15) is 4.39 Å². The van der Waals surface area contributed by atoms with Crippen molar-refractivity contribution in [1.29, 1.82) is 0 Å². The number of halogens is 1. The normalized spacial score (nSPS) is 25.7. The fraction of sp³-hybridized carbons (Fsp3) is 0.667. The lowest BCUT2D eigenvalue weighted by Crippen LogP contribution is -2.52. The van der Waals surface area contributed by atoms with Gasteiger partial charge in [-0.25, -0.2) is 4.39 Å². The third-order valence-electron chi connectivity index (χ3n) is 4.90. The van der Waals surface area contributed by atoms with Crippen LogP contribution in [0.15, 0.2) is 24.3 Å². The van der Waals surface area contributed by atoms with Crippen LogP contribution in [0, 0.1) is 17.2 Å². The van der Waals surface area contributed by atoms with Gasteiger partial charge in [-0.15, -0.1) is 0 Å². The second-order valence-corrected chi connectivity index (χ2v) is 7.43. The smallest absolute Gasteiger partial charge is 0.123 e. The van der Waals surface area contributed by atoms with Gasteiger partial charge in [-0.3, -0.25) is 0 Å². The van der Waals surface area contributed by atoms with Gasteiger partial charge in [0.15, 0.2) is 0 Å². The van der Waals surface area contributed by atoms with Crippen molar-refractivity contribution in [2.45, 2.75) is 39.0 Å². The lowest BCUT2D eigenvalue weighted by atomic mass is 9.52. The zero-order chi connectivity index (χ0) is 15.5. The molecular weight excluding hydrogens is 265 g/mol.